The number of hydrogen-bond donors (Lipinski definition) is 1. The summed E-state index contributed by atoms with van der Waals surface area (Å²) in [4.78, 5) is 3.52. The number of H-pyrrole nitrogens is 1. The largest absolute Gasteiger partial charge is 0.355 e. The van der Waals surface area contributed by atoms with Crippen LogP contribution in [0.1, 0.15) is 64.8 Å². The number of nitrogens with one attached hydrogen (secondary N) is 1. The summed E-state index contributed by atoms with van der Waals surface area (Å²) in [7, 11) is 0. The van der Waals surface area contributed by atoms with Crippen molar-refractivity contribution in [1.29, 1.82) is 0 Å². The number of fused-ring (bicyclic) bond motifs is 1. The molecule has 1 aromatic heterocycles. The minimum atomic E-state index is 0.159. The van der Waals surface area contributed by atoms with Gasteiger partial charge in [-0.05, 0) is 41.0 Å². The van der Waals surface area contributed by atoms with E-state index >= 15 is 0 Å². The smallest absolute Gasteiger partial charge is 0.0465 e. The van der Waals surface area contributed by atoms with Crippen LogP contribution in [0.4, 0.5) is 0 Å². The molecule has 1 N–H and O–H groups in total. The predicted molar refractivity (Wildman–Crippen MR) is 100 cm³/mol. The third-order valence-corrected chi connectivity index (χ3v) is 3.95. The minimum absolute atomic E-state index is 0.159. The van der Waals surface area contributed by atoms with Crippen LogP contribution < -0.4 is 0 Å². The van der Waals surface area contributed by atoms with Gasteiger partial charge in [0.2, 0.25) is 0 Å². The zero-order valence-corrected chi connectivity index (χ0v) is 14.9. The van der Waals surface area contributed by atoms with Gasteiger partial charge in [-0.1, -0.05) is 66.3 Å². The number of aromatic amines is 1. The maximum atomic E-state index is 4.01. The van der Waals surface area contributed by atoms with Crippen molar-refractivity contribution < 1.29 is 0 Å². The summed E-state index contributed by atoms with van der Waals surface area (Å²) in [5.41, 5.74) is 5.36. The van der Waals surface area contributed by atoms with Crippen LogP contribution >= 0.6 is 0 Å². The molecule has 0 radical (unpaired) electrons. The van der Waals surface area contributed by atoms with Gasteiger partial charge in [0.05, 0.1) is 0 Å². The number of benzene rings is 1. The zero-order chi connectivity index (χ0) is 16.5. The van der Waals surface area contributed by atoms with Crippen LogP contribution in [0.3, 0.4) is 0 Å². The Bertz CT molecular complexity index is 700. The fourth-order valence-electron chi connectivity index (χ4n) is 2.58. The van der Waals surface area contributed by atoms with Gasteiger partial charge in [-0.15, -0.1) is 0 Å². The fraction of sp³-hybridized carbons (Fsp3) is 0.429. The van der Waals surface area contributed by atoms with Crippen LogP contribution in [0.2, 0.25) is 0 Å². The molecule has 0 aliphatic carbocycles. The van der Waals surface area contributed by atoms with Crippen molar-refractivity contribution in [2.75, 3.05) is 0 Å². The van der Waals surface area contributed by atoms with E-state index in [0.717, 1.165) is 12.1 Å². The highest BCUT2D eigenvalue weighted by Gasteiger charge is 2.16. The molecule has 2 aromatic rings. The van der Waals surface area contributed by atoms with E-state index in [4.69, 9.17) is 0 Å². The molecule has 1 nitrogen and oxygen atoms in total. The summed E-state index contributed by atoms with van der Waals surface area (Å²) in [6.45, 7) is 17.5. The van der Waals surface area contributed by atoms with Gasteiger partial charge < -0.3 is 4.98 Å². The molecule has 0 atom stereocenters. The van der Waals surface area contributed by atoms with Crippen LogP contribution in [-0.2, 0) is 5.41 Å². The molecule has 22 heavy (non-hydrogen) atoms. The average Bonchev–Trinajstić information content (AvgIpc) is 2.72. The summed E-state index contributed by atoms with van der Waals surface area (Å²) in [6, 6.07) is 6.70. The molecule has 0 unspecified atom stereocenters. The van der Waals surface area contributed by atoms with Crippen LogP contribution in [0.25, 0.3) is 23.1 Å². The topological polar surface area (TPSA) is 15.8 Å². The van der Waals surface area contributed by atoms with Gasteiger partial charge >= 0.3 is 0 Å². The Kier molecular flexibility index (Phi) is 4.37. The molecule has 0 aliphatic heterocycles. The molecular weight excluding hydrogens is 266 g/mol. The number of rotatable bonds is 3. The molecule has 1 heteroatoms. The average molecular weight is 295 g/mol. The summed E-state index contributed by atoms with van der Waals surface area (Å²) < 4.78 is 0. The maximum absolute atomic E-state index is 4.01. The first-order chi connectivity index (χ1) is 10.1. The highest BCUT2D eigenvalue weighted by Crippen LogP contribution is 2.30. The van der Waals surface area contributed by atoms with Crippen LogP contribution in [0.15, 0.2) is 30.9 Å². The molecule has 0 saturated heterocycles. The normalized spacial score (nSPS) is 13.2. The van der Waals surface area contributed by atoms with E-state index in [-0.39, 0.29) is 5.41 Å². The van der Waals surface area contributed by atoms with Crippen molar-refractivity contribution >= 4 is 23.1 Å². The van der Waals surface area contributed by atoms with Crippen molar-refractivity contribution in [3.8, 4) is 0 Å². The summed E-state index contributed by atoms with van der Waals surface area (Å²) in [6.07, 6.45) is 7.47. The Morgan fingerprint density at radius 2 is 1.77 bits per heavy atom. The van der Waals surface area contributed by atoms with Gasteiger partial charge in [-0.3, -0.25) is 0 Å². The minimum Gasteiger partial charge on any atom is -0.355 e. The predicted octanol–water partition coefficient (Wildman–Crippen LogP) is 6.56. The first-order valence-electron chi connectivity index (χ1n) is 8.07. The van der Waals surface area contributed by atoms with Crippen molar-refractivity contribution in [2.24, 2.45) is 5.41 Å². The molecule has 0 aliphatic rings. The standard InChI is InChI=1S/C21H29N/c1-8-16-17-14-15(21(5,6)7)11-12-19(17)22-18(16)10-9-13-20(2,3)4/h8-12,14,22H,1,13H2,2-7H3/b10-9-. The van der Waals surface area contributed by atoms with Crippen molar-refractivity contribution in [1.82, 2.24) is 4.98 Å². The van der Waals surface area contributed by atoms with Gasteiger partial charge in [0, 0.05) is 22.2 Å². The lowest BCUT2D eigenvalue weighted by Crippen LogP contribution is -2.10. The van der Waals surface area contributed by atoms with Crippen LogP contribution in [-0.4, -0.2) is 4.98 Å². The molecule has 0 amide bonds. The molecule has 0 fully saturated rings. The van der Waals surface area contributed by atoms with Crippen molar-refractivity contribution in [3.63, 3.8) is 0 Å². The highest BCUT2D eigenvalue weighted by molar-refractivity contribution is 5.93. The third kappa shape index (κ3) is 3.71. The number of aromatic nitrogens is 1. The van der Waals surface area contributed by atoms with Gasteiger partial charge in [0.15, 0.2) is 0 Å². The van der Waals surface area contributed by atoms with Gasteiger partial charge in [0.25, 0.3) is 0 Å². The Morgan fingerprint density at radius 1 is 1.09 bits per heavy atom. The Hall–Kier alpha value is -1.76. The van der Waals surface area contributed by atoms with Crippen LogP contribution in [0.5, 0.6) is 0 Å². The molecule has 118 valence electrons. The van der Waals surface area contributed by atoms with E-state index in [1.807, 2.05) is 6.08 Å². The Balaban J connectivity index is 2.47. The second kappa shape index (κ2) is 5.79. The Morgan fingerprint density at radius 3 is 2.32 bits per heavy atom. The molecule has 0 bridgehead atoms. The quantitative estimate of drug-likeness (QED) is 0.660. The molecule has 0 spiro atoms. The third-order valence-electron chi connectivity index (χ3n) is 3.95. The summed E-state index contributed by atoms with van der Waals surface area (Å²) in [5.74, 6) is 0. The molecular formula is C21H29N. The van der Waals surface area contributed by atoms with E-state index in [0.29, 0.717) is 5.41 Å². The Labute approximate surface area is 135 Å². The first kappa shape index (κ1) is 16.6. The SMILES string of the molecule is C=Cc1c(/C=C\CC(C)(C)C)[nH]c2ccc(C(C)(C)C)cc12. The fourth-order valence-corrected chi connectivity index (χ4v) is 2.58. The van der Waals surface area contributed by atoms with E-state index < -0.39 is 0 Å². The molecule has 0 saturated carbocycles. The first-order valence-corrected chi connectivity index (χ1v) is 8.07. The monoisotopic (exact) mass is 295 g/mol. The molecule has 2 rings (SSSR count). The van der Waals surface area contributed by atoms with Gasteiger partial charge in [-0.25, -0.2) is 0 Å². The van der Waals surface area contributed by atoms with Gasteiger partial charge in [0.1, 0.15) is 0 Å². The van der Waals surface area contributed by atoms with Crippen molar-refractivity contribution in [2.45, 2.75) is 53.4 Å². The summed E-state index contributed by atoms with van der Waals surface area (Å²) in [5, 5.41) is 1.26. The van der Waals surface area contributed by atoms with Crippen molar-refractivity contribution in [3.05, 3.63) is 47.7 Å². The van der Waals surface area contributed by atoms with Crippen LogP contribution in [0, 0.1) is 5.41 Å². The van der Waals surface area contributed by atoms with E-state index in [1.165, 1.54) is 22.0 Å². The van der Waals surface area contributed by atoms with E-state index in [2.05, 4.69) is 83.5 Å². The lowest BCUT2D eigenvalue weighted by molar-refractivity contribution is 0.421. The second-order valence-electron chi connectivity index (χ2n) is 8.33. The second-order valence-corrected chi connectivity index (χ2v) is 8.33. The van der Waals surface area contributed by atoms with E-state index in [9.17, 15) is 0 Å². The lowest BCUT2D eigenvalue weighted by Gasteiger charge is -2.19. The highest BCUT2D eigenvalue weighted by atomic mass is 14.7. The summed E-state index contributed by atoms with van der Waals surface area (Å²) >= 11 is 0. The molecule has 1 aromatic carbocycles. The maximum Gasteiger partial charge on any atom is 0.0465 e. The number of hydrogen-bond acceptors (Lipinski definition) is 0. The van der Waals surface area contributed by atoms with E-state index in [1.54, 1.807) is 0 Å². The number of allylic oxidation sites excluding steroid dienone is 1. The molecule has 1 heterocycles. The van der Waals surface area contributed by atoms with Gasteiger partial charge in [-0.2, -0.15) is 0 Å². The lowest BCUT2D eigenvalue weighted by atomic mass is 9.86. The zero-order valence-electron chi connectivity index (χ0n) is 14.9.